The van der Waals surface area contributed by atoms with Crippen LogP contribution in [0.4, 0.5) is 4.79 Å². The summed E-state index contributed by atoms with van der Waals surface area (Å²) in [6.07, 6.45) is 2.81. The van der Waals surface area contributed by atoms with E-state index in [4.69, 9.17) is 9.47 Å². The molecule has 1 aliphatic rings. The zero-order valence-corrected chi connectivity index (χ0v) is 14.5. The highest BCUT2D eigenvalue weighted by molar-refractivity contribution is 5.68. The number of carbonyl (C=O) groups is 1. The molecule has 128 valence electrons. The number of amides is 1. The van der Waals surface area contributed by atoms with Crippen LogP contribution >= 0.6 is 0 Å². The van der Waals surface area contributed by atoms with Gasteiger partial charge in [-0.05, 0) is 57.7 Å². The first-order valence-electron chi connectivity index (χ1n) is 8.23. The largest absolute Gasteiger partial charge is 0.497 e. The van der Waals surface area contributed by atoms with Crippen LogP contribution in [0.2, 0.25) is 0 Å². The molecule has 23 heavy (non-hydrogen) atoms. The molecule has 2 unspecified atom stereocenters. The van der Waals surface area contributed by atoms with Gasteiger partial charge in [-0.2, -0.15) is 0 Å². The van der Waals surface area contributed by atoms with Gasteiger partial charge in [0.1, 0.15) is 11.4 Å². The lowest BCUT2D eigenvalue weighted by molar-refractivity contribution is 0.0498. The Morgan fingerprint density at radius 2 is 2.00 bits per heavy atom. The van der Waals surface area contributed by atoms with Crippen molar-refractivity contribution in [2.45, 2.75) is 64.3 Å². The zero-order valence-electron chi connectivity index (χ0n) is 14.5. The first-order valence-corrected chi connectivity index (χ1v) is 8.23. The van der Waals surface area contributed by atoms with Gasteiger partial charge < -0.3 is 20.1 Å². The molecule has 2 atom stereocenters. The molecule has 2 rings (SSSR count). The molecule has 1 aromatic rings. The second-order valence-electron chi connectivity index (χ2n) is 7.02. The third-order valence-electron chi connectivity index (χ3n) is 3.92. The molecular weight excluding hydrogens is 292 g/mol. The highest BCUT2D eigenvalue weighted by atomic mass is 16.6. The number of rotatable bonds is 5. The maximum atomic E-state index is 11.9. The smallest absolute Gasteiger partial charge is 0.407 e. The molecule has 1 aliphatic carbocycles. The molecule has 0 aromatic heterocycles. The topological polar surface area (TPSA) is 59.6 Å². The zero-order chi connectivity index (χ0) is 16.9. The summed E-state index contributed by atoms with van der Waals surface area (Å²) in [5.74, 6) is 0.860. The number of methoxy groups -OCH3 is 1. The Hall–Kier alpha value is -1.75. The fourth-order valence-electron chi connectivity index (χ4n) is 2.87. The Balaban J connectivity index is 1.85. The maximum absolute atomic E-state index is 11.9. The first-order chi connectivity index (χ1) is 10.9. The summed E-state index contributed by atoms with van der Waals surface area (Å²) in [5, 5.41) is 6.54. The van der Waals surface area contributed by atoms with E-state index in [0.29, 0.717) is 0 Å². The van der Waals surface area contributed by atoms with Crippen LogP contribution in [0.3, 0.4) is 0 Å². The number of nitrogens with one attached hydrogen (secondary N) is 2. The Morgan fingerprint density at radius 3 is 2.70 bits per heavy atom. The molecule has 2 N–H and O–H groups in total. The molecule has 0 bridgehead atoms. The van der Waals surface area contributed by atoms with E-state index in [1.807, 2.05) is 39.0 Å². The van der Waals surface area contributed by atoms with Crippen molar-refractivity contribution in [3.8, 4) is 5.75 Å². The van der Waals surface area contributed by atoms with Crippen molar-refractivity contribution in [3.63, 3.8) is 0 Å². The highest BCUT2D eigenvalue weighted by Crippen LogP contribution is 2.21. The number of benzene rings is 1. The second-order valence-corrected chi connectivity index (χ2v) is 7.02. The van der Waals surface area contributed by atoms with Crippen LogP contribution in [-0.4, -0.2) is 30.9 Å². The predicted octanol–water partition coefficient (Wildman–Crippen LogP) is 3.23. The van der Waals surface area contributed by atoms with Crippen LogP contribution < -0.4 is 15.4 Å². The van der Waals surface area contributed by atoms with Crippen molar-refractivity contribution in [1.29, 1.82) is 0 Å². The van der Waals surface area contributed by atoms with Gasteiger partial charge in [-0.3, -0.25) is 0 Å². The van der Waals surface area contributed by atoms with E-state index in [-0.39, 0.29) is 18.2 Å². The van der Waals surface area contributed by atoms with Crippen LogP contribution in [0, 0.1) is 0 Å². The Labute approximate surface area is 138 Å². The predicted molar refractivity (Wildman–Crippen MR) is 90.6 cm³/mol. The molecular formula is C18H28N2O3. The van der Waals surface area contributed by atoms with Gasteiger partial charge in [0.15, 0.2) is 0 Å². The first kappa shape index (κ1) is 17.6. The molecule has 0 spiro atoms. The van der Waals surface area contributed by atoms with Gasteiger partial charge in [0.25, 0.3) is 0 Å². The third kappa shape index (κ3) is 5.75. The lowest BCUT2D eigenvalue weighted by Gasteiger charge is -2.25. The van der Waals surface area contributed by atoms with Crippen molar-refractivity contribution in [3.05, 3.63) is 29.8 Å². The van der Waals surface area contributed by atoms with Crippen LogP contribution in [0.5, 0.6) is 5.75 Å². The number of carbonyl (C=O) groups excluding carboxylic acids is 1. The summed E-state index contributed by atoms with van der Waals surface area (Å²) >= 11 is 0. The van der Waals surface area contributed by atoms with E-state index in [9.17, 15) is 4.79 Å². The third-order valence-corrected chi connectivity index (χ3v) is 3.92. The van der Waals surface area contributed by atoms with Crippen molar-refractivity contribution in [1.82, 2.24) is 10.6 Å². The summed E-state index contributed by atoms with van der Waals surface area (Å²) < 4.78 is 10.6. The molecule has 5 nitrogen and oxygen atoms in total. The monoisotopic (exact) mass is 320 g/mol. The van der Waals surface area contributed by atoms with E-state index in [0.717, 1.165) is 31.6 Å². The summed E-state index contributed by atoms with van der Waals surface area (Å²) in [7, 11) is 1.67. The highest BCUT2D eigenvalue weighted by Gasteiger charge is 2.29. The van der Waals surface area contributed by atoms with E-state index in [1.54, 1.807) is 7.11 Å². The molecule has 1 saturated carbocycles. The van der Waals surface area contributed by atoms with E-state index >= 15 is 0 Å². The molecule has 1 amide bonds. The van der Waals surface area contributed by atoms with Gasteiger partial charge in [0.05, 0.1) is 7.11 Å². The summed E-state index contributed by atoms with van der Waals surface area (Å²) in [5.41, 5.74) is 0.707. The average Bonchev–Trinajstić information content (AvgIpc) is 2.90. The molecule has 1 fully saturated rings. The van der Waals surface area contributed by atoms with Crippen LogP contribution in [0.1, 0.15) is 45.6 Å². The van der Waals surface area contributed by atoms with Gasteiger partial charge in [-0.15, -0.1) is 0 Å². The average molecular weight is 320 g/mol. The molecule has 0 aliphatic heterocycles. The fourth-order valence-corrected chi connectivity index (χ4v) is 2.87. The summed E-state index contributed by atoms with van der Waals surface area (Å²) in [6, 6.07) is 8.41. The van der Waals surface area contributed by atoms with Crippen molar-refractivity contribution in [2.24, 2.45) is 0 Å². The molecule has 5 heteroatoms. The normalized spacial score (nSPS) is 21.0. The van der Waals surface area contributed by atoms with Crippen LogP contribution in [0.15, 0.2) is 24.3 Å². The maximum Gasteiger partial charge on any atom is 0.407 e. The lowest BCUT2D eigenvalue weighted by Crippen LogP contribution is -2.47. The minimum absolute atomic E-state index is 0.121. The quantitative estimate of drug-likeness (QED) is 0.874. The molecule has 0 radical (unpaired) electrons. The second kappa shape index (κ2) is 7.68. The van der Waals surface area contributed by atoms with E-state index in [2.05, 4.69) is 16.7 Å². The standard InChI is InChI=1S/C18H28N2O3/c1-18(2,3)23-17(21)20-16-10-6-9-15(16)19-12-13-7-5-8-14(11-13)22-4/h5,7-8,11,15-16,19H,6,9-10,12H2,1-4H3,(H,20,21). The Bertz CT molecular complexity index is 525. The lowest BCUT2D eigenvalue weighted by atomic mass is 10.1. The van der Waals surface area contributed by atoms with Gasteiger partial charge in [-0.1, -0.05) is 12.1 Å². The van der Waals surface area contributed by atoms with Crippen LogP contribution in [-0.2, 0) is 11.3 Å². The van der Waals surface area contributed by atoms with E-state index in [1.165, 1.54) is 5.56 Å². The van der Waals surface area contributed by atoms with Crippen LogP contribution in [0.25, 0.3) is 0 Å². The van der Waals surface area contributed by atoms with Crippen molar-refractivity contribution in [2.75, 3.05) is 7.11 Å². The number of alkyl carbamates (subject to hydrolysis) is 1. The summed E-state index contributed by atoms with van der Waals surface area (Å²) in [4.78, 5) is 11.9. The Kier molecular flexibility index (Phi) is 5.88. The van der Waals surface area contributed by atoms with Gasteiger partial charge >= 0.3 is 6.09 Å². The number of hydrogen-bond donors (Lipinski definition) is 2. The van der Waals surface area contributed by atoms with Crippen molar-refractivity contribution < 1.29 is 14.3 Å². The minimum Gasteiger partial charge on any atom is -0.497 e. The summed E-state index contributed by atoms with van der Waals surface area (Å²) in [6.45, 7) is 6.38. The van der Waals surface area contributed by atoms with E-state index < -0.39 is 5.60 Å². The fraction of sp³-hybridized carbons (Fsp3) is 0.611. The van der Waals surface area contributed by atoms with Gasteiger partial charge in [0.2, 0.25) is 0 Å². The minimum atomic E-state index is -0.466. The molecule has 0 heterocycles. The molecule has 1 aromatic carbocycles. The van der Waals surface area contributed by atoms with Crippen molar-refractivity contribution >= 4 is 6.09 Å². The number of hydrogen-bond acceptors (Lipinski definition) is 4. The van der Waals surface area contributed by atoms with Gasteiger partial charge in [0, 0.05) is 18.6 Å². The number of ether oxygens (including phenoxy) is 2. The van der Waals surface area contributed by atoms with Gasteiger partial charge in [-0.25, -0.2) is 4.79 Å². The Morgan fingerprint density at radius 1 is 1.26 bits per heavy atom. The SMILES string of the molecule is COc1cccc(CNC2CCCC2NC(=O)OC(C)(C)C)c1. The molecule has 0 saturated heterocycles.